The van der Waals surface area contributed by atoms with Gasteiger partial charge < -0.3 is 4.42 Å². The monoisotopic (exact) mass is 463 g/mol. The maximum Gasteiger partial charge on any atom is 0.322 e. The average molecular weight is 464 g/mol. The Bertz CT molecular complexity index is 1290. The third-order valence-electron chi connectivity index (χ3n) is 4.46. The molecule has 0 aliphatic carbocycles. The van der Waals surface area contributed by atoms with Gasteiger partial charge in [0.1, 0.15) is 0 Å². The number of carbonyl (C=O) groups excluding carboxylic acids is 1. The van der Waals surface area contributed by atoms with E-state index in [0.29, 0.717) is 0 Å². The second-order valence-electron chi connectivity index (χ2n) is 7.17. The first-order valence-corrected chi connectivity index (χ1v) is 12.7. The van der Waals surface area contributed by atoms with Crippen LogP contribution in [0.4, 0.5) is 6.01 Å². The molecule has 3 rings (SSSR count). The Hall–Kier alpha value is -3.05. The molecule has 0 fully saturated rings. The molecule has 164 valence electrons. The fourth-order valence-corrected chi connectivity index (χ4v) is 4.33. The molecule has 0 aliphatic heterocycles. The van der Waals surface area contributed by atoms with Crippen LogP contribution in [0.5, 0.6) is 0 Å². The lowest BCUT2D eigenvalue weighted by Crippen LogP contribution is -2.13. The molecule has 31 heavy (non-hydrogen) atoms. The van der Waals surface area contributed by atoms with Gasteiger partial charge in [0.15, 0.2) is 19.7 Å². The number of benzene rings is 2. The molecule has 1 heterocycles. The molecule has 0 saturated carbocycles. The molecule has 1 N–H and O–H groups in total. The van der Waals surface area contributed by atoms with Crippen LogP contribution in [0.3, 0.4) is 0 Å². The van der Waals surface area contributed by atoms with E-state index in [-0.39, 0.29) is 33.7 Å². The van der Waals surface area contributed by atoms with Crippen molar-refractivity contribution in [1.29, 1.82) is 0 Å². The SMILES string of the molecule is CC(C)S(=O)(=O)c1ccc(Cc2nnc(NC(=O)c3ccc(S(C)(=O)=O)cc3)o2)cc1. The molecule has 2 aromatic carbocycles. The fraction of sp³-hybridized carbons (Fsp3) is 0.250. The number of anilines is 1. The predicted octanol–water partition coefficient (Wildman–Crippen LogP) is 2.50. The van der Waals surface area contributed by atoms with Gasteiger partial charge in [-0.2, -0.15) is 0 Å². The molecule has 0 saturated heterocycles. The first kappa shape index (κ1) is 22.6. The van der Waals surface area contributed by atoms with Crippen LogP contribution in [0.25, 0.3) is 0 Å². The highest BCUT2D eigenvalue weighted by molar-refractivity contribution is 7.92. The maximum absolute atomic E-state index is 12.3. The molecular formula is C20H21N3O6S2. The molecule has 0 bridgehead atoms. The number of sulfone groups is 2. The van der Waals surface area contributed by atoms with Gasteiger partial charge in [0, 0.05) is 11.8 Å². The fourth-order valence-electron chi connectivity index (χ4n) is 2.64. The summed E-state index contributed by atoms with van der Waals surface area (Å²) in [5.41, 5.74) is 0.995. The van der Waals surface area contributed by atoms with Gasteiger partial charge in [-0.1, -0.05) is 17.2 Å². The van der Waals surface area contributed by atoms with Crippen molar-refractivity contribution >= 4 is 31.6 Å². The van der Waals surface area contributed by atoms with Crippen molar-refractivity contribution in [3.05, 3.63) is 65.5 Å². The van der Waals surface area contributed by atoms with E-state index in [9.17, 15) is 21.6 Å². The second kappa shape index (κ2) is 8.60. The summed E-state index contributed by atoms with van der Waals surface area (Å²) in [4.78, 5) is 12.6. The molecule has 0 spiro atoms. The van der Waals surface area contributed by atoms with Crippen molar-refractivity contribution in [2.45, 2.75) is 35.3 Å². The largest absolute Gasteiger partial charge is 0.407 e. The second-order valence-corrected chi connectivity index (χ2v) is 11.7. The minimum atomic E-state index is -3.35. The number of amides is 1. The van der Waals surface area contributed by atoms with Crippen molar-refractivity contribution in [2.24, 2.45) is 0 Å². The van der Waals surface area contributed by atoms with Crippen LogP contribution in [-0.4, -0.2) is 44.4 Å². The normalized spacial score (nSPS) is 12.1. The number of carbonyl (C=O) groups is 1. The molecule has 11 heteroatoms. The van der Waals surface area contributed by atoms with Crippen LogP contribution in [0.15, 0.2) is 62.7 Å². The van der Waals surface area contributed by atoms with Crippen molar-refractivity contribution < 1.29 is 26.0 Å². The van der Waals surface area contributed by atoms with E-state index in [0.717, 1.165) is 11.8 Å². The van der Waals surface area contributed by atoms with Crippen molar-refractivity contribution in [3.63, 3.8) is 0 Å². The molecule has 0 atom stereocenters. The number of aromatic nitrogens is 2. The summed E-state index contributed by atoms with van der Waals surface area (Å²) in [5.74, 6) is -0.291. The van der Waals surface area contributed by atoms with E-state index >= 15 is 0 Å². The molecule has 0 aliphatic rings. The standard InChI is InChI=1S/C20H21N3O6S2/c1-13(2)31(27,28)17-8-4-14(5-9-17)12-18-22-23-20(29-18)21-19(24)15-6-10-16(11-7-15)30(3,25)26/h4-11,13H,12H2,1-3H3,(H,21,23,24). The van der Waals surface area contributed by atoms with Gasteiger partial charge in [-0.3, -0.25) is 10.1 Å². The molecule has 1 amide bonds. The molecule has 1 aromatic heterocycles. The Balaban J connectivity index is 1.66. The van der Waals surface area contributed by atoms with Crippen LogP contribution in [0, 0.1) is 0 Å². The molecule has 9 nitrogen and oxygen atoms in total. The summed E-state index contributed by atoms with van der Waals surface area (Å²) in [6.07, 6.45) is 1.34. The molecule has 0 radical (unpaired) electrons. The van der Waals surface area contributed by atoms with Crippen LogP contribution in [0.1, 0.15) is 35.7 Å². The van der Waals surface area contributed by atoms with Crippen LogP contribution < -0.4 is 5.32 Å². The molecule has 3 aromatic rings. The number of hydrogen-bond acceptors (Lipinski definition) is 8. The van der Waals surface area contributed by atoms with Gasteiger partial charge in [0.25, 0.3) is 5.91 Å². The van der Waals surface area contributed by atoms with E-state index in [1.807, 2.05) is 0 Å². The van der Waals surface area contributed by atoms with Gasteiger partial charge >= 0.3 is 6.01 Å². The lowest BCUT2D eigenvalue weighted by Gasteiger charge is -2.08. The quantitative estimate of drug-likeness (QED) is 0.564. The lowest BCUT2D eigenvalue weighted by molar-refractivity contribution is 0.102. The van der Waals surface area contributed by atoms with E-state index < -0.39 is 30.8 Å². The minimum absolute atomic E-state index is 0.105. The van der Waals surface area contributed by atoms with Gasteiger partial charge in [-0.25, -0.2) is 16.8 Å². The van der Waals surface area contributed by atoms with E-state index in [1.54, 1.807) is 26.0 Å². The Morgan fingerprint density at radius 3 is 2.06 bits per heavy atom. The zero-order chi connectivity index (χ0) is 22.8. The first-order valence-electron chi connectivity index (χ1n) is 9.23. The Morgan fingerprint density at radius 2 is 1.52 bits per heavy atom. The van der Waals surface area contributed by atoms with Crippen molar-refractivity contribution in [1.82, 2.24) is 10.2 Å². The number of hydrogen-bond donors (Lipinski definition) is 1. The van der Waals surface area contributed by atoms with Crippen molar-refractivity contribution in [2.75, 3.05) is 11.6 Å². The van der Waals surface area contributed by atoms with Gasteiger partial charge in [-0.05, 0) is 55.8 Å². The third kappa shape index (κ3) is 5.36. The summed E-state index contributed by atoms with van der Waals surface area (Å²) in [6, 6.07) is 11.7. The van der Waals surface area contributed by atoms with Crippen LogP contribution in [0.2, 0.25) is 0 Å². The number of nitrogens with one attached hydrogen (secondary N) is 1. The average Bonchev–Trinajstić information content (AvgIpc) is 3.14. The highest BCUT2D eigenvalue weighted by Gasteiger charge is 2.19. The Labute approximate surface area is 180 Å². The Morgan fingerprint density at radius 1 is 0.935 bits per heavy atom. The molecule has 0 unspecified atom stereocenters. The highest BCUT2D eigenvalue weighted by Crippen LogP contribution is 2.19. The highest BCUT2D eigenvalue weighted by atomic mass is 32.2. The number of nitrogens with zero attached hydrogens (tertiary/aromatic N) is 2. The molecular weight excluding hydrogens is 442 g/mol. The maximum atomic E-state index is 12.3. The van der Waals surface area contributed by atoms with Crippen LogP contribution in [-0.2, 0) is 26.1 Å². The topological polar surface area (TPSA) is 136 Å². The van der Waals surface area contributed by atoms with E-state index in [4.69, 9.17) is 4.42 Å². The summed E-state index contributed by atoms with van der Waals surface area (Å²) in [6.45, 7) is 3.25. The zero-order valence-electron chi connectivity index (χ0n) is 17.1. The van der Waals surface area contributed by atoms with Crippen LogP contribution >= 0.6 is 0 Å². The zero-order valence-corrected chi connectivity index (χ0v) is 18.7. The van der Waals surface area contributed by atoms with Crippen molar-refractivity contribution in [3.8, 4) is 0 Å². The first-order chi connectivity index (χ1) is 14.5. The van der Waals surface area contributed by atoms with Gasteiger partial charge in [0.05, 0.1) is 21.5 Å². The van der Waals surface area contributed by atoms with E-state index in [2.05, 4.69) is 15.5 Å². The summed E-state index contributed by atoms with van der Waals surface area (Å²) in [5, 5.41) is 9.59. The summed E-state index contributed by atoms with van der Waals surface area (Å²) in [7, 11) is -6.70. The smallest absolute Gasteiger partial charge is 0.322 e. The Kier molecular flexibility index (Phi) is 6.27. The summed E-state index contributed by atoms with van der Waals surface area (Å²) >= 11 is 0. The number of rotatable bonds is 7. The van der Waals surface area contributed by atoms with Gasteiger partial charge in [-0.15, -0.1) is 5.10 Å². The lowest BCUT2D eigenvalue weighted by atomic mass is 10.1. The van der Waals surface area contributed by atoms with Gasteiger partial charge in [0.2, 0.25) is 5.89 Å². The third-order valence-corrected chi connectivity index (χ3v) is 7.76. The minimum Gasteiger partial charge on any atom is -0.407 e. The summed E-state index contributed by atoms with van der Waals surface area (Å²) < 4.78 is 52.8. The predicted molar refractivity (Wildman–Crippen MR) is 113 cm³/mol. The van der Waals surface area contributed by atoms with E-state index in [1.165, 1.54) is 36.4 Å².